The van der Waals surface area contributed by atoms with Crippen molar-refractivity contribution in [1.82, 2.24) is 15.0 Å². The van der Waals surface area contributed by atoms with Crippen LogP contribution in [0.5, 0.6) is 11.5 Å². The van der Waals surface area contributed by atoms with E-state index in [0.717, 1.165) is 11.3 Å². The Bertz CT molecular complexity index is 645. The van der Waals surface area contributed by atoms with Crippen LogP contribution in [0.15, 0.2) is 18.2 Å². The summed E-state index contributed by atoms with van der Waals surface area (Å²) in [7, 11) is 3.14. The zero-order chi connectivity index (χ0) is 14.5. The van der Waals surface area contributed by atoms with Gasteiger partial charge in [0.15, 0.2) is 11.5 Å². The first-order chi connectivity index (χ1) is 9.74. The van der Waals surface area contributed by atoms with Crippen molar-refractivity contribution < 1.29 is 9.47 Å². The predicted octanol–water partition coefficient (Wildman–Crippen LogP) is 0.945. The average molecular weight is 273 g/mol. The molecule has 7 nitrogen and oxygen atoms in total. The maximum Gasteiger partial charge on any atom is 0.161 e. The fraction of sp³-hybridized carbons (Fsp3) is 0.308. The topological polar surface area (TPSA) is 99.0 Å². The minimum absolute atomic E-state index is 0.108. The van der Waals surface area contributed by atoms with Crippen LogP contribution in [0, 0.1) is 11.3 Å². The van der Waals surface area contributed by atoms with Crippen molar-refractivity contribution in [2.24, 2.45) is 5.73 Å². The quantitative estimate of drug-likeness (QED) is 0.870. The van der Waals surface area contributed by atoms with Crippen LogP contribution >= 0.6 is 0 Å². The number of nitrogens with zero attached hydrogens (tertiary/aromatic N) is 4. The van der Waals surface area contributed by atoms with Crippen molar-refractivity contribution in [3.8, 4) is 28.8 Å². The smallest absolute Gasteiger partial charge is 0.161 e. The maximum absolute atomic E-state index is 8.84. The fourth-order valence-corrected chi connectivity index (χ4v) is 1.96. The molecule has 1 aromatic heterocycles. The second-order valence-electron chi connectivity index (χ2n) is 3.97. The molecule has 1 heterocycles. The van der Waals surface area contributed by atoms with E-state index in [9.17, 15) is 0 Å². The van der Waals surface area contributed by atoms with Gasteiger partial charge in [-0.05, 0) is 18.2 Å². The van der Waals surface area contributed by atoms with Gasteiger partial charge in [0.25, 0.3) is 0 Å². The summed E-state index contributed by atoms with van der Waals surface area (Å²) in [6, 6.07) is 7.50. The molecule has 2 aromatic rings. The van der Waals surface area contributed by atoms with E-state index < -0.39 is 0 Å². The third-order valence-electron chi connectivity index (χ3n) is 2.88. The zero-order valence-corrected chi connectivity index (χ0v) is 11.3. The molecule has 0 aliphatic heterocycles. The Kier molecular flexibility index (Phi) is 4.17. The lowest BCUT2D eigenvalue weighted by molar-refractivity contribution is 0.355. The number of methoxy groups -OCH3 is 2. The SMILES string of the molecule is COc1ccc(-c2c(CN)nnn2CC#N)cc1OC. The molecule has 0 saturated carbocycles. The molecule has 2 N–H and O–H groups in total. The van der Waals surface area contributed by atoms with E-state index >= 15 is 0 Å². The normalized spacial score (nSPS) is 10.1. The van der Waals surface area contributed by atoms with Gasteiger partial charge in [0, 0.05) is 12.1 Å². The summed E-state index contributed by atoms with van der Waals surface area (Å²) >= 11 is 0. The molecule has 0 spiro atoms. The van der Waals surface area contributed by atoms with Crippen molar-refractivity contribution >= 4 is 0 Å². The molecule has 0 aliphatic carbocycles. The molecule has 7 heteroatoms. The van der Waals surface area contributed by atoms with E-state index in [1.165, 1.54) is 4.68 Å². The molecule has 0 bridgehead atoms. The van der Waals surface area contributed by atoms with Gasteiger partial charge < -0.3 is 15.2 Å². The van der Waals surface area contributed by atoms with E-state index in [-0.39, 0.29) is 13.1 Å². The number of ether oxygens (including phenoxy) is 2. The number of rotatable bonds is 5. The predicted molar refractivity (Wildman–Crippen MR) is 72.1 cm³/mol. The highest BCUT2D eigenvalue weighted by molar-refractivity contribution is 5.66. The standard InChI is InChI=1S/C13H15N5O2/c1-19-11-4-3-9(7-12(11)20-2)13-10(8-15)16-17-18(13)6-5-14/h3-4,7H,6,8,15H2,1-2H3. The Labute approximate surface area is 116 Å². The van der Waals surface area contributed by atoms with Gasteiger partial charge in [-0.2, -0.15) is 5.26 Å². The lowest BCUT2D eigenvalue weighted by atomic mass is 10.1. The van der Waals surface area contributed by atoms with Crippen molar-refractivity contribution in [1.29, 1.82) is 5.26 Å². The van der Waals surface area contributed by atoms with Crippen molar-refractivity contribution in [2.75, 3.05) is 14.2 Å². The van der Waals surface area contributed by atoms with Crippen LogP contribution in [0.1, 0.15) is 5.69 Å². The maximum atomic E-state index is 8.84. The van der Waals surface area contributed by atoms with Crippen LogP contribution in [-0.2, 0) is 13.1 Å². The molecule has 20 heavy (non-hydrogen) atoms. The van der Waals surface area contributed by atoms with E-state index in [4.69, 9.17) is 20.5 Å². The van der Waals surface area contributed by atoms with Crippen LogP contribution in [-0.4, -0.2) is 29.2 Å². The lowest BCUT2D eigenvalue weighted by Crippen LogP contribution is -2.04. The third-order valence-corrected chi connectivity index (χ3v) is 2.88. The van der Waals surface area contributed by atoms with Gasteiger partial charge in [0.05, 0.1) is 26.0 Å². The number of nitriles is 1. The summed E-state index contributed by atoms with van der Waals surface area (Å²) in [5.74, 6) is 1.22. The number of aromatic nitrogens is 3. The molecule has 2 rings (SSSR count). The molecular formula is C13H15N5O2. The van der Waals surface area contributed by atoms with Gasteiger partial charge in [0.1, 0.15) is 12.2 Å². The van der Waals surface area contributed by atoms with Crippen LogP contribution in [0.25, 0.3) is 11.3 Å². The molecule has 0 radical (unpaired) electrons. The molecular weight excluding hydrogens is 258 g/mol. The second kappa shape index (κ2) is 6.04. The molecule has 104 valence electrons. The van der Waals surface area contributed by atoms with Crippen molar-refractivity contribution in [3.05, 3.63) is 23.9 Å². The number of hydrogen-bond acceptors (Lipinski definition) is 6. The Morgan fingerprint density at radius 3 is 2.65 bits per heavy atom. The van der Waals surface area contributed by atoms with E-state index in [1.54, 1.807) is 20.3 Å². The van der Waals surface area contributed by atoms with Crippen molar-refractivity contribution in [2.45, 2.75) is 13.1 Å². The van der Waals surface area contributed by atoms with Crippen LogP contribution in [0.4, 0.5) is 0 Å². The zero-order valence-electron chi connectivity index (χ0n) is 11.3. The Morgan fingerprint density at radius 2 is 2.05 bits per heavy atom. The van der Waals surface area contributed by atoms with Crippen LogP contribution < -0.4 is 15.2 Å². The minimum Gasteiger partial charge on any atom is -0.493 e. The fourth-order valence-electron chi connectivity index (χ4n) is 1.96. The van der Waals surface area contributed by atoms with Crippen LogP contribution in [0.2, 0.25) is 0 Å². The summed E-state index contributed by atoms with van der Waals surface area (Å²) < 4.78 is 12.0. The van der Waals surface area contributed by atoms with E-state index in [2.05, 4.69) is 10.3 Å². The van der Waals surface area contributed by atoms with E-state index in [1.807, 2.05) is 18.2 Å². The Balaban J connectivity index is 2.56. The number of benzene rings is 1. The highest BCUT2D eigenvalue weighted by atomic mass is 16.5. The molecule has 1 aromatic carbocycles. The van der Waals surface area contributed by atoms with Gasteiger partial charge in [-0.3, -0.25) is 0 Å². The summed E-state index contributed by atoms with van der Waals surface area (Å²) in [6.07, 6.45) is 0. The number of nitrogens with two attached hydrogens (primary N) is 1. The molecule has 0 atom stereocenters. The first-order valence-corrected chi connectivity index (χ1v) is 5.97. The third kappa shape index (κ3) is 2.41. The second-order valence-corrected chi connectivity index (χ2v) is 3.97. The molecule has 0 fully saturated rings. The Hall–Kier alpha value is -2.59. The Morgan fingerprint density at radius 1 is 1.30 bits per heavy atom. The summed E-state index contributed by atoms with van der Waals surface area (Å²) in [4.78, 5) is 0. The molecule has 0 saturated heterocycles. The lowest BCUT2D eigenvalue weighted by Gasteiger charge is -2.10. The monoisotopic (exact) mass is 273 g/mol. The molecule has 0 amide bonds. The average Bonchev–Trinajstić information content (AvgIpc) is 2.89. The highest BCUT2D eigenvalue weighted by Crippen LogP contribution is 2.33. The summed E-state index contributed by atoms with van der Waals surface area (Å²) in [5, 5.41) is 16.8. The first kappa shape index (κ1) is 13.8. The van der Waals surface area contributed by atoms with E-state index in [0.29, 0.717) is 17.2 Å². The van der Waals surface area contributed by atoms with Crippen molar-refractivity contribution in [3.63, 3.8) is 0 Å². The van der Waals surface area contributed by atoms with Gasteiger partial charge in [-0.1, -0.05) is 5.21 Å². The van der Waals surface area contributed by atoms with Crippen LogP contribution in [0.3, 0.4) is 0 Å². The highest BCUT2D eigenvalue weighted by Gasteiger charge is 2.15. The minimum atomic E-state index is 0.108. The van der Waals surface area contributed by atoms with Gasteiger partial charge in [-0.25, -0.2) is 4.68 Å². The summed E-state index contributed by atoms with van der Waals surface area (Å²) in [5.41, 5.74) is 7.84. The largest absolute Gasteiger partial charge is 0.493 e. The van der Waals surface area contributed by atoms with Gasteiger partial charge in [0.2, 0.25) is 0 Å². The molecule has 0 unspecified atom stereocenters. The summed E-state index contributed by atoms with van der Waals surface area (Å²) in [6.45, 7) is 0.353. The van der Waals surface area contributed by atoms with Gasteiger partial charge in [-0.15, -0.1) is 5.10 Å². The first-order valence-electron chi connectivity index (χ1n) is 5.97. The van der Waals surface area contributed by atoms with Gasteiger partial charge >= 0.3 is 0 Å². The molecule has 0 aliphatic rings. The number of hydrogen-bond donors (Lipinski definition) is 1.